The van der Waals surface area contributed by atoms with Crippen LogP contribution < -0.4 is 10.6 Å². The zero-order valence-electron chi connectivity index (χ0n) is 10.6. The predicted octanol–water partition coefficient (Wildman–Crippen LogP) is 3.59. The van der Waals surface area contributed by atoms with E-state index >= 15 is 0 Å². The van der Waals surface area contributed by atoms with Crippen molar-refractivity contribution in [1.82, 2.24) is 4.98 Å². The van der Waals surface area contributed by atoms with Crippen molar-refractivity contribution in [3.05, 3.63) is 39.6 Å². The molecule has 9 heteroatoms. The van der Waals surface area contributed by atoms with E-state index in [1.807, 2.05) is 5.32 Å². The molecule has 0 bridgehead atoms. The minimum Gasteiger partial charge on any atom is -0.465 e. The van der Waals surface area contributed by atoms with E-state index in [9.17, 15) is 14.0 Å². The molecule has 21 heavy (non-hydrogen) atoms. The topological polar surface area (TPSA) is 91.3 Å². The molecule has 0 atom stereocenters. The van der Waals surface area contributed by atoms with E-state index in [-0.39, 0.29) is 15.0 Å². The molecule has 2 amide bonds. The van der Waals surface area contributed by atoms with Gasteiger partial charge < -0.3 is 10.4 Å². The van der Waals surface area contributed by atoms with Gasteiger partial charge in [-0.2, -0.15) is 0 Å². The molecule has 6 nitrogen and oxygen atoms in total. The molecule has 2 aromatic rings. The van der Waals surface area contributed by atoms with Crippen molar-refractivity contribution in [2.24, 2.45) is 0 Å². The molecule has 110 valence electrons. The average molecular weight is 330 g/mol. The van der Waals surface area contributed by atoms with E-state index in [2.05, 4.69) is 10.3 Å². The number of rotatable bonds is 3. The minimum atomic E-state index is -1.27. The number of halogens is 2. The summed E-state index contributed by atoms with van der Waals surface area (Å²) in [5.74, 6) is -1.01. The monoisotopic (exact) mass is 329 g/mol. The van der Waals surface area contributed by atoms with Crippen LogP contribution in [0.25, 0.3) is 0 Å². The zero-order chi connectivity index (χ0) is 15.6. The summed E-state index contributed by atoms with van der Waals surface area (Å²) in [7, 11) is 0. The summed E-state index contributed by atoms with van der Waals surface area (Å²) in [6.07, 6.45) is -0.0355. The van der Waals surface area contributed by atoms with E-state index in [1.165, 1.54) is 12.3 Å². The Labute approximate surface area is 127 Å². The molecule has 2 rings (SSSR count). The molecule has 0 spiro atoms. The quantitative estimate of drug-likeness (QED) is 0.802. The van der Waals surface area contributed by atoms with E-state index in [0.29, 0.717) is 11.3 Å². The summed E-state index contributed by atoms with van der Waals surface area (Å²) in [4.78, 5) is 26.4. The fourth-order valence-corrected chi connectivity index (χ4v) is 2.57. The van der Waals surface area contributed by atoms with Crippen LogP contribution in [0.1, 0.15) is 15.2 Å². The highest BCUT2D eigenvalue weighted by molar-refractivity contribution is 7.17. The number of carboxylic acid groups (broad SMARTS) is 1. The van der Waals surface area contributed by atoms with Gasteiger partial charge in [-0.3, -0.25) is 10.1 Å². The number of nitrogens with one attached hydrogen (secondary N) is 2. The van der Waals surface area contributed by atoms with Crippen LogP contribution in [-0.4, -0.2) is 22.1 Å². The first-order chi connectivity index (χ1) is 9.86. The van der Waals surface area contributed by atoms with Crippen molar-refractivity contribution in [2.45, 2.75) is 6.92 Å². The normalized spacial score (nSPS) is 10.2. The Balaban J connectivity index is 2.18. The van der Waals surface area contributed by atoms with Gasteiger partial charge in [0.05, 0.1) is 16.9 Å². The maximum Gasteiger partial charge on any atom is 0.410 e. The van der Waals surface area contributed by atoms with Crippen molar-refractivity contribution in [1.29, 1.82) is 0 Å². The molecule has 0 unspecified atom stereocenters. The van der Waals surface area contributed by atoms with Crippen molar-refractivity contribution in [2.75, 3.05) is 10.6 Å². The summed E-state index contributed by atoms with van der Waals surface area (Å²) >= 11 is 6.75. The number of benzene rings is 1. The molecule has 0 saturated carbocycles. The number of nitrogens with zero attached hydrogens (tertiary/aromatic N) is 1. The van der Waals surface area contributed by atoms with Crippen LogP contribution in [0, 0.1) is 12.7 Å². The maximum atomic E-state index is 13.1. The summed E-state index contributed by atoms with van der Waals surface area (Å²) in [5, 5.41) is 13.3. The van der Waals surface area contributed by atoms with Gasteiger partial charge in [-0.1, -0.05) is 22.9 Å². The Bertz CT molecular complexity index is 697. The van der Waals surface area contributed by atoms with Gasteiger partial charge >= 0.3 is 6.09 Å². The third-order valence-electron chi connectivity index (χ3n) is 2.43. The molecular weight excluding hydrogens is 321 g/mol. The van der Waals surface area contributed by atoms with Gasteiger partial charge in [-0.15, -0.1) is 0 Å². The van der Waals surface area contributed by atoms with Gasteiger partial charge in [0.15, 0.2) is 5.13 Å². The van der Waals surface area contributed by atoms with Gasteiger partial charge in [0.25, 0.3) is 5.91 Å². The molecule has 0 radical (unpaired) electrons. The lowest BCUT2D eigenvalue weighted by atomic mass is 10.2. The number of carbonyl (C=O) groups excluding carboxylic acids is 1. The van der Waals surface area contributed by atoms with Gasteiger partial charge in [0.1, 0.15) is 10.7 Å². The number of aryl methyl sites for hydroxylation is 1. The minimum absolute atomic E-state index is 0.0780. The standard InChI is InChI=1S/C12H9ClFN3O3S/c1-5-2-6(14)3-7(13)9(5)16-10(18)8-4-15-11(21-8)17-12(19)20/h2-4H,1H3,(H,15,17)(H,16,18)(H,19,20). The molecule has 1 aromatic carbocycles. The van der Waals surface area contributed by atoms with E-state index < -0.39 is 17.8 Å². The lowest BCUT2D eigenvalue weighted by molar-refractivity contribution is 0.103. The second-order valence-corrected chi connectivity index (χ2v) is 5.43. The largest absolute Gasteiger partial charge is 0.465 e. The number of amides is 2. The highest BCUT2D eigenvalue weighted by Crippen LogP contribution is 2.28. The van der Waals surface area contributed by atoms with E-state index in [0.717, 1.165) is 17.4 Å². The van der Waals surface area contributed by atoms with Gasteiger partial charge in [0.2, 0.25) is 0 Å². The molecule has 0 fully saturated rings. The smallest absolute Gasteiger partial charge is 0.410 e. The van der Waals surface area contributed by atoms with Crippen molar-refractivity contribution < 1.29 is 19.1 Å². The van der Waals surface area contributed by atoms with Crippen LogP contribution in [0.15, 0.2) is 18.3 Å². The Morgan fingerprint density at radius 3 is 2.71 bits per heavy atom. The van der Waals surface area contributed by atoms with Crippen LogP contribution in [0.3, 0.4) is 0 Å². The Morgan fingerprint density at radius 2 is 2.10 bits per heavy atom. The SMILES string of the molecule is Cc1cc(F)cc(Cl)c1NC(=O)c1cnc(NC(=O)O)s1. The van der Waals surface area contributed by atoms with Crippen molar-refractivity contribution in [3.63, 3.8) is 0 Å². The molecule has 0 aliphatic carbocycles. The zero-order valence-corrected chi connectivity index (χ0v) is 12.2. The molecule has 0 saturated heterocycles. The number of hydrogen-bond acceptors (Lipinski definition) is 4. The molecule has 0 aliphatic rings. The summed E-state index contributed by atoms with van der Waals surface area (Å²) < 4.78 is 13.1. The van der Waals surface area contributed by atoms with Gasteiger partial charge in [0, 0.05) is 0 Å². The van der Waals surface area contributed by atoms with Crippen LogP contribution in [-0.2, 0) is 0 Å². The van der Waals surface area contributed by atoms with E-state index in [4.69, 9.17) is 16.7 Å². The van der Waals surface area contributed by atoms with Crippen LogP contribution >= 0.6 is 22.9 Å². The first-order valence-electron chi connectivity index (χ1n) is 5.59. The summed E-state index contributed by atoms with van der Waals surface area (Å²) in [6, 6.07) is 2.33. The third kappa shape index (κ3) is 3.67. The highest BCUT2D eigenvalue weighted by Gasteiger charge is 2.15. The van der Waals surface area contributed by atoms with Crippen molar-refractivity contribution >= 4 is 45.8 Å². The Hall–Kier alpha value is -2.19. The summed E-state index contributed by atoms with van der Waals surface area (Å²) in [5.41, 5.74) is 0.769. The van der Waals surface area contributed by atoms with Crippen molar-refractivity contribution in [3.8, 4) is 0 Å². The maximum absolute atomic E-state index is 13.1. The second-order valence-electron chi connectivity index (χ2n) is 3.99. The molecular formula is C12H9ClFN3O3S. The van der Waals surface area contributed by atoms with E-state index in [1.54, 1.807) is 6.92 Å². The molecule has 1 aromatic heterocycles. The lowest BCUT2D eigenvalue weighted by Gasteiger charge is -2.09. The number of anilines is 2. The predicted molar refractivity (Wildman–Crippen MR) is 77.9 cm³/mol. The number of aromatic nitrogens is 1. The summed E-state index contributed by atoms with van der Waals surface area (Å²) in [6.45, 7) is 1.61. The number of hydrogen-bond donors (Lipinski definition) is 3. The molecule has 0 aliphatic heterocycles. The van der Waals surface area contributed by atoms with Crippen LogP contribution in [0.2, 0.25) is 5.02 Å². The van der Waals surface area contributed by atoms with Crippen LogP contribution in [0.5, 0.6) is 0 Å². The molecule has 1 heterocycles. The first-order valence-corrected chi connectivity index (χ1v) is 6.79. The second kappa shape index (κ2) is 6.06. The molecule has 3 N–H and O–H groups in total. The Kier molecular flexibility index (Phi) is 4.39. The fraction of sp³-hybridized carbons (Fsp3) is 0.0833. The average Bonchev–Trinajstić information content (AvgIpc) is 2.81. The first kappa shape index (κ1) is 15.2. The number of thiazole rings is 1. The number of carbonyl (C=O) groups is 2. The lowest BCUT2D eigenvalue weighted by Crippen LogP contribution is -2.12. The fourth-order valence-electron chi connectivity index (χ4n) is 1.56. The highest BCUT2D eigenvalue weighted by atomic mass is 35.5. The van der Waals surface area contributed by atoms with Crippen LogP contribution in [0.4, 0.5) is 20.0 Å². The Morgan fingerprint density at radius 1 is 1.38 bits per heavy atom. The third-order valence-corrected chi connectivity index (χ3v) is 3.64. The van der Waals surface area contributed by atoms with Gasteiger partial charge in [-0.05, 0) is 24.6 Å². The van der Waals surface area contributed by atoms with Gasteiger partial charge in [-0.25, -0.2) is 14.2 Å².